The molecule has 62 valence electrons. The predicted octanol–water partition coefficient (Wildman–Crippen LogP) is 1.35. The normalized spacial score (nSPS) is 10.6. The van der Waals surface area contributed by atoms with Crippen LogP contribution in [0.15, 0.2) is 15.7 Å². The van der Waals surface area contributed by atoms with Gasteiger partial charge in [0.25, 0.3) is 0 Å². The first-order valence-electron chi connectivity index (χ1n) is 2.65. The van der Waals surface area contributed by atoms with Gasteiger partial charge >= 0.3 is 6.03 Å². The largest absolute Gasteiger partial charge is 0.350 e. The van der Waals surface area contributed by atoms with E-state index in [1.165, 1.54) is 6.08 Å². The Balaban J connectivity index is 4.02. The number of halogens is 2. The molecule has 4 nitrogen and oxygen atoms in total. The van der Waals surface area contributed by atoms with E-state index in [-0.39, 0.29) is 4.49 Å². The monoisotopic (exact) mass is 195 g/mol. The smallest absolute Gasteiger partial charge is 0.332 e. The predicted molar refractivity (Wildman–Crippen MR) is 45.6 cm³/mol. The van der Waals surface area contributed by atoms with Crippen LogP contribution in [0.4, 0.5) is 4.79 Å². The highest BCUT2D eigenvalue weighted by atomic mass is 35.5. The molecule has 0 saturated carbocycles. The zero-order valence-corrected chi connectivity index (χ0v) is 7.28. The Labute approximate surface area is 74.0 Å². The molecule has 0 saturated heterocycles. The molecule has 0 aliphatic carbocycles. The van der Waals surface area contributed by atoms with Gasteiger partial charge < -0.3 is 5.73 Å². The van der Waals surface area contributed by atoms with E-state index in [0.29, 0.717) is 5.71 Å². The van der Waals surface area contributed by atoms with E-state index < -0.39 is 6.03 Å². The number of rotatable bonds is 2. The third kappa shape index (κ3) is 7.15. The number of hydrogen-bond acceptors (Lipinski definition) is 2. The summed E-state index contributed by atoms with van der Waals surface area (Å²) in [5.41, 5.74) is 7.21. The minimum atomic E-state index is -0.733. The zero-order valence-electron chi connectivity index (χ0n) is 5.77. The van der Waals surface area contributed by atoms with Crippen LogP contribution in [0.3, 0.4) is 0 Å². The van der Waals surface area contributed by atoms with Gasteiger partial charge in [0, 0.05) is 0 Å². The van der Waals surface area contributed by atoms with Crippen molar-refractivity contribution in [1.82, 2.24) is 5.43 Å². The molecule has 0 unspecified atom stereocenters. The SMILES string of the molecule is CC(C=C(Cl)Cl)=NNC(N)=O. The number of primary amides is 1. The van der Waals surface area contributed by atoms with Crippen LogP contribution in [0, 0.1) is 0 Å². The number of carbonyl (C=O) groups excluding carboxylic acids is 1. The molecule has 6 heteroatoms. The molecule has 0 aromatic heterocycles. The van der Waals surface area contributed by atoms with Crippen molar-refractivity contribution in [1.29, 1.82) is 0 Å². The van der Waals surface area contributed by atoms with Gasteiger partial charge in [0.2, 0.25) is 0 Å². The first-order valence-corrected chi connectivity index (χ1v) is 3.40. The second-order valence-electron chi connectivity index (χ2n) is 1.66. The van der Waals surface area contributed by atoms with Crippen molar-refractivity contribution in [2.45, 2.75) is 6.92 Å². The van der Waals surface area contributed by atoms with Crippen molar-refractivity contribution in [2.75, 3.05) is 0 Å². The number of nitrogens with zero attached hydrogens (tertiary/aromatic N) is 1. The summed E-state index contributed by atoms with van der Waals surface area (Å²) in [4.78, 5) is 10.1. The van der Waals surface area contributed by atoms with Crippen LogP contribution in [0.25, 0.3) is 0 Å². The highest BCUT2D eigenvalue weighted by molar-refractivity contribution is 6.56. The van der Waals surface area contributed by atoms with Gasteiger partial charge in [0.05, 0.1) is 5.71 Å². The maximum Gasteiger partial charge on any atom is 0.332 e. The Morgan fingerprint density at radius 3 is 2.55 bits per heavy atom. The first-order chi connectivity index (χ1) is 5.02. The molecule has 0 aliphatic rings. The topological polar surface area (TPSA) is 67.5 Å². The van der Waals surface area contributed by atoms with Gasteiger partial charge in [-0.2, -0.15) is 5.10 Å². The second kappa shape index (κ2) is 4.98. The molecule has 0 rings (SSSR count). The summed E-state index contributed by atoms with van der Waals surface area (Å²) in [6.07, 6.45) is 1.37. The van der Waals surface area contributed by atoms with E-state index in [1.54, 1.807) is 6.92 Å². The van der Waals surface area contributed by atoms with Crippen LogP contribution < -0.4 is 11.2 Å². The summed E-state index contributed by atoms with van der Waals surface area (Å²) in [7, 11) is 0. The Morgan fingerprint density at radius 2 is 2.18 bits per heavy atom. The third-order valence-corrected chi connectivity index (χ3v) is 0.879. The first kappa shape index (κ1) is 10.3. The number of nitrogens with one attached hydrogen (secondary N) is 1. The number of hydrazone groups is 1. The number of hydrogen-bond donors (Lipinski definition) is 2. The third-order valence-electron chi connectivity index (χ3n) is 0.660. The Kier molecular flexibility index (Phi) is 4.65. The molecule has 0 radical (unpaired) electrons. The Hall–Kier alpha value is -0.740. The van der Waals surface area contributed by atoms with Gasteiger partial charge in [-0.3, -0.25) is 0 Å². The van der Waals surface area contributed by atoms with Gasteiger partial charge in [-0.1, -0.05) is 23.2 Å². The van der Waals surface area contributed by atoms with Gasteiger partial charge in [-0.05, 0) is 13.0 Å². The van der Waals surface area contributed by atoms with Gasteiger partial charge in [-0.15, -0.1) is 0 Å². The minimum Gasteiger partial charge on any atom is -0.350 e. The molecule has 3 N–H and O–H groups in total. The average molecular weight is 196 g/mol. The van der Waals surface area contributed by atoms with Crippen molar-refractivity contribution >= 4 is 34.9 Å². The summed E-state index contributed by atoms with van der Waals surface area (Å²) in [6, 6.07) is -0.733. The van der Waals surface area contributed by atoms with Crippen LogP contribution in [0.2, 0.25) is 0 Å². The molecule has 0 aromatic carbocycles. The highest BCUT2D eigenvalue weighted by Gasteiger charge is 1.89. The minimum absolute atomic E-state index is 0.0671. The van der Waals surface area contributed by atoms with Gasteiger partial charge in [0.15, 0.2) is 0 Å². The van der Waals surface area contributed by atoms with Crippen molar-refractivity contribution in [3.63, 3.8) is 0 Å². The molecule has 11 heavy (non-hydrogen) atoms. The summed E-state index contributed by atoms with van der Waals surface area (Å²) in [5.74, 6) is 0. The van der Waals surface area contributed by atoms with Crippen LogP contribution >= 0.6 is 23.2 Å². The summed E-state index contributed by atoms with van der Waals surface area (Å²) >= 11 is 10.6. The van der Waals surface area contributed by atoms with E-state index in [2.05, 4.69) is 5.10 Å². The zero-order chi connectivity index (χ0) is 8.85. The lowest BCUT2D eigenvalue weighted by molar-refractivity contribution is 0.249. The second-order valence-corrected chi connectivity index (χ2v) is 2.67. The molecule has 0 fully saturated rings. The molecule has 0 aliphatic heterocycles. The van der Waals surface area contributed by atoms with Crippen molar-refractivity contribution in [2.24, 2.45) is 10.8 Å². The Bertz CT molecular complexity index is 208. The quantitative estimate of drug-likeness (QED) is 0.507. The van der Waals surface area contributed by atoms with E-state index in [1.807, 2.05) is 5.43 Å². The number of allylic oxidation sites excluding steroid dienone is 1. The van der Waals surface area contributed by atoms with Crippen molar-refractivity contribution in [3.05, 3.63) is 10.6 Å². The number of amides is 2. The summed E-state index contributed by atoms with van der Waals surface area (Å²) in [5, 5.41) is 3.51. The van der Waals surface area contributed by atoms with E-state index in [4.69, 9.17) is 28.9 Å². The number of urea groups is 1. The van der Waals surface area contributed by atoms with Crippen LogP contribution in [0.5, 0.6) is 0 Å². The molecular weight excluding hydrogens is 189 g/mol. The van der Waals surface area contributed by atoms with Crippen LogP contribution in [-0.2, 0) is 0 Å². The lowest BCUT2D eigenvalue weighted by Crippen LogP contribution is -2.25. The molecule has 2 amide bonds. The van der Waals surface area contributed by atoms with Crippen LogP contribution in [-0.4, -0.2) is 11.7 Å². The average Bonchev–Trinajstić information content (AvgIpc) is 1.82. The van der Waals surface area contributed by atoms with Crippen LogP contribution in [0.1, 0.15) is 6.92 Å². The summed E-state index contributed by atoms with van der Waals surface area (Å²) < 4.78 is 0.0671. The fraction of sp³-hybridized carbons (Fsp3) is 0.200. The molecule has 0 aromatic rings. The van der Waals surface area contributed by atoms with E-state index in [0.717, 1.165) is 0 Å². The fourth-order valence-electron chi connectivity index (χ4n) is 0.333. The van der Waals surface area contributed by atoms with E-state index in [9.17, 15) is 4.79 Å². The highest BCUT2D eigenvalue weighted by Crippen LogP contribution is 2.05. The number of nitrogens with two attached hydrogens (primary N) is 1. The van der Waals surface area contributed by atoms with E-state index >= 15 is 0 Å². The fourth-order valence-corrected chi connectivity index (χ4v) is 0.649. The molecule has 0 heterocycles. The maximum absolute atomic E-state index is 10.1. The lowest BCUT2D eigenvalue weighted by Gasteiger charge is -1.92. The molecular formula is C5H7Cl2N3O. The van der Waals surface area contributed by atoms with Crippen molar-refractivity contribution < 1.29 is 4.79 Å². The maximum atomic E-state index is 10.1. The molecule has 0 spiro atoms. The standard InChI is InChI=1S/C5H7Cl2N3O/c1-3(2-4(6)7)9-10-5(8)11/h2H,1H3,(H3,8,10,11). The summed E-state index contributed by atoms with van der Waals surface area (Å²) in [6.45, 7) is 1.61. The lowest BCUT2D eigenvalue weighted by atomic mass is 10.4. The Morgan fingerprint density at radius 1 is 1.64 bits per heavy atom. The molecule has 0 atom stereocenters. The van der Waals surface area contributed by atoms with Crippen molar-refractivity contribution in [3.8, 4) is 0 Å². The number of carbonyl (C=O) groups is 1. The van der Waals surface area contributed by atoms with Gasteiger partial charge in [0.1, 0.15) is 4.49 Å². The molecule has 0 bridgehead atoms. The van der Waals surface area contributed by atoms with Gasteiger partial charge in [-0.25, -0.2) is 10.2 Å².